The average Bonchev–Trinajstić information content (AvgIpc) is 3.02. The van der Waals surface area contributed by atoms with E-state index in [1.54, 1.807) is 0 Å². The van der Waals surface area contributed by atoms with Crippen molar-refractivity contribution in [2.75, 3.05) is 6.54 Å². The van der Waals surface area contributed by atoms with Crippen molar-refractivity contribution in [1.29, 1.82) is 0 Å². The minimum Gasteiger partial charge on any atom is -0.444 e. The fourth-order valence-corrected chi connectivity index (χ4v) is 2.20. The van der Waals surface area contributed by atoms with Crippen LogP contribution in [0.4, 0.5) is 0 Å². The van der Waals surface area contributed by atoms with Gasteiger partial charge in [-0.25, -0.2) is 0 Å². The Bertz CT molecular complexity index is 664. The van der Waals surface area contributed by atoms with Gasteiger partial charge in [0.25, 0.3) is 0 Å². The predicted molar refractivity (Wildman–Crippen MR) is 70.9 cm³/mol. The molecule has 6 heteroatoms. The highest BCUT2D eigenvalue weighted by molar-refractivity contribution is 6.30. The van der Waals surface area contributed by atoms with Crippen LogP contribution < -0.4 is 5.32 Å². The summed E-state index contributed by atoms with van der Waals surface area (Å²) in [5, 5.41) is 8.52. The van der Waals surface area contributed by atoms with Gasteiger partial charge in [0.05, 0.1) is 0 Å². The molecular weight excluding hydrogens is 266 g/mol. The fraction of sp³-hybridized carbons (Fsp3) is 0.231. The van der Waals surface area contributed by atoms with Crippen molar-refractivity contribution in [2.24, 2.45) is 0 Å². The standard InChI is InChI=1S/C13H12ClN3O2/c14-13-10(9-3-1-2-4-11(9)19-13)7-15-6-5-12-16-8-18-17-12/h1-4,8,15H,5-7H2. The third-order valence-corrected chi connectivity index (χ3v) is 3.19. The smallest absolute Gasteiger partial charge is 0.213 e. The topological polar surface area (TPSA) is 64.1 Å². The van der Waals surface area contributed by atoms with Crippen LogP contribution in [0.5, 0.6) is 0 Å². The van der Waals surface area contributed by atoms with E-state index < -0.39 is 0 Å². The molecule has 1 N–H and O–H groups in total. The van der Waals surface area contributed by atoms with Gasteiger partial charge in [-0.2, -0.15) is 4.98 Å². The molecule has 19 heavy (non-hydrogen) atoms. The molecule has 98 valence electrons. The highest BCUT2D eigenvalue weighted by Crippen LogP contribution is 2.29. The number of rotatable bonds is 5. The molecule has 0 radical (unpaired) electrons. The first kappa shape index (κ1) is 12.2. The van der Waals surface area contributed by atoms with Gasteiger partial charge < -0.3 is 14.3 Å². The number of halogens is 1. The first-order valence-electron chi connectivity index (χ1n) is 5.96. The summed E-state index contributed by atoms with van der Waals surface area (Å²) in [6.45, 7) is 1.39. The molecule has 0 amide bonds. The minimum absolute atomic E-state index is 0.438. The number of hydrogen-bond donors (Lipinski definition) is 1. The highest BCUT2D eigenvalue weighted by Gasteiger charge is 2.11. The number of fused-ring (bicyclic) bond motifs is 1. The van der Waals surface area contributed by atoms with Gasteiger partial charge in [-0.3, -0.25) is 0 Å². The molecule has 0 atom stereocenters. The zero-order valence-corrected chi connectivity index (χ0v) is 10.9. The summed E-state index contributed by atoms with van der Waals surface area (Å²) in [6, 6.07) is 7.80. The third kappa shape index (κ3) is 2.62. The Balaban J connectivity index is 1.63. The Labute approximate surface area is 114 Å². The van der Waals surface area contributed by atoms with Gasteiger partial charge in [-0.05, 0) is 17.7 Å². The van der Waals surface area contributed by atoms with Gasteiger partial charge in [-0.15, -0.1) is 0 Å². The van der Waals surface area contributed by atoms with Crippen LogP contribution in [0.15, 0.2) is 39.6 Å². The van der Waals surface area contributed by atoms with Crippen LogP contribution in [-0.2, 0) is 13.0 Å². The van der Waals surface area contributed by atoms with Crippen LogP contribution in [0.3, 0.4) is 0 Å². The number of nitrogens with one attached hydrogen (secondary N) is 1. The van der Waals surface area contributed by atoms with E-state index in [4.69, 9.17) is 16.0 Å². The van der Waals surface area contributed by atoms with E-state index in [9.17, 15) is 0 Å². The summed E-state index contributed by atoms with van der Waals surface area (Å²) < 4.78 is 10.2. The van der Waals surface area contributed by atoms with Gasteiger partial charge >= 0.3 is 0 Å². The fourth-order valence-electron chi connectivity index (χ4n) is 1.95. The molecule has 2 heterocycles. The molecule has 2 aromatic heterocycles. The molecule has 0 bridgehead atoms. The lowest BCUT2D eigenvalue weighted by Gasteiger charge is -2.01. The molecular formula is C13H12ClN3O2. The molecule has 0 aliphatic carbocycles. The molecule has 5 nitrogen and oxygen atoms in total. The van der Waals surface area contributed by atoms with E-state index in [-0.39, 0.29) is 0 Å². The zero-order chi connectivity index (χ0) is 13.1. The Morgan fingerprint density at radius 3 is 3.00 bits per heavy atom. The maximum Gasteiger partial charge on any atom is 0.213 e. The number of aromatic nitrogens is 2. The summed E-state index contributed by atoms with van der Waals surface area (Å²) >= 11 is 6.10. The van der Waals surface area contributed by atoms with Crippen molar-refractivity contribution in [1.82, 2.24) is 15.5 Å². The summed E-state index contributed by atoms with van der Waals surface area (Å²) in [5.74, 6) is 0.690. The van der Waals surface area contributed by atoms with Crippen LogP contribution in [0, 0.1) is 0 Å². The van der Waals surface area contributed by atoms with Gasteiger partial charge in [0.2, 0.25) is 6.39 Å². The Morgan fingerprint density at radius 2 is 2.16 bits per heavy atom. The Kier molecular flexibility index (Phi) is 3.48. The zero-order valence-electron chi connectivity index (χ0n) is 10.1. The maximum atomic E-state index is 6.10. The van der Waals surface area contributed by atoms with Crippen LogP contribution in [0.2, 0.25) is 5.22 Å². The second-order valence-corrected chi connectivity index (χ2v) is 4.47. The van der Waals surface area contributed by atoms with E-state index >= 15 is 0 Å². The van der Waals surface area contributed by atoms with Crippen LogP contribution in [0.1, 0.15) is 11.4 Å². The molecule has 0 spiro atoms. The molecule has 0 aliphatic heterocycles. The molecule has 3 aromatic rings. The molecule has 0 unspecified atom stereocenters. The largest absolute Gasteiger partial charge is 0.444 e. The van der Waals surface area contributed by atoms with Crippen molar-refractivity contribution >= 4 is 22.6 Å². The van der Waals surface area contributed by atoms with Crippen molar-refractivity contribution < 1.29 is 8.94 Å². The lowest BCUT2D eigenvalue weighted by Crippen LogP contribution is -2.17. The van der Waals surface area contributed by atoms with Crippen molar-refractivity contribution in [3.8, 4) is 0 Å². The van der Waals surface area contributed by atoms with Crippen LogP contribution >= 0.6 is 11.6 Å². The first-order valence-corrected chi connectivity index (χ1v) is 6.34. The molecule has 1 aromatic carbocycles. The van der Waals surface area contributed by atoms with Crippen LogP contribution in [-0.4, -0.2) is 16.7 Å². The quantitative estimate of drug-likeness (QED) is 0.727. The third-order valence-electron chi connectivity index (χ3n) is 2.88. The number of hydrogen-bond acceptors (Lipinski definition) is 5. The first-order chi connectivity index (χ1) is 9.34. The molecule has 0 saturated carbocycles. The normalized spacial score (nSPS) is 11.2. The van der Waals surface area contributed by atoms with Gasteiger partial charge in [-0.1, -0.05) is 23.4 Å². The summed E-state index contributed by atoms with van der Waals surface area (Å²) in [4.78, 5) is 3.96. The van der Waals surface area contributed by atoms with Gasteiger partial charge in [0, 0.05) is 30.5 Å². The van der Waals surface area contributed by atoms with Crippen molar-refractivity contribution in [2.45, 2.75) is 13.0 Å². The minimum atomic E-state index is 0.438. The monoisotopic (exact) mass is 277 g/mol. The Morgan fingerprint density at radius 1 is 1.26 bits per heavy atom. The van der Waals surface area contributed by atoms with Crippen molar-refractivity contribution in [3.05, 3.63) is 47.3 Å². The number of nitrogens with zero attached hydrogens (tertiary/aromatic N) is 2. The van der Waals surface area contributed by atoms with Crippen molar-refractivity contribution in [3.63, 3.8) is 0 Å². The average molecular weight is 278 g/mol. The maximum absolute atomic E-state index is 6.10. The molecule has 3 rings (SSSR count). The second-order valence-electron chi connectivity index (χ2n) is 4.12. The van der Waals surface area contributed by atoms with E-state index in [2.05, 4.69) is 20.0 Å². The lowest BCUT2D eigenvalue weighted by atomic mass is 10.2. The van der Waals surface area contributed by atoms with Crippen LogP contribution in [0.25, 0.3) is 11.0 Å². The van der Waals surface area contributed by atoms with Gasteiger partial charge in [0.1, 0.15) is 5.58 Å². The Hall–Kier alpha value is -1.85. The van der Waals surface area contributed by atoms with E-state index in [0.717, 1.165) is 23.1 Å². The number of para-hydroxylation sites is 1. The van der Waals surface area contributed by atoms with Gasteiger partial charge in [0.15, 0.2) is 11.0 Å². The summed E-state index contributed by atoms with van der Waals surface area (Å²) in [7, 11) is 0. The predicted octanol–water partition coefficient (Wildman–Crippen LogP) is 2.80. The molecule has 0 aliphatic rings. The SMILES string of the molecule is Clc1oc2ccccc2c1CNCCc1ncon1. The summed E-state index contributed by atoms with van der Waals surface area (Å²) in [6.07, 6.45) is 2.04. The second kappa shape index (κ2) is 5.42. The number of furan rings is 1. The molecule has 0 fully saturated rings. The van der Waals surface area contributed by atoms with E-state index in [1.807, 2.05) is 24.3 Å². The van der Waals surface area contributed by atoms with E-state index in [0.29, 0.717) is 24.0 Å². The highest BCUT2D eigenvalue weighted by atomic mass is 35.5. The summed E-state index contributed by atoms with van der Waals surface area (Å²) in [5.41, 5.74) is 1.79. The lowest BCUT2D eigenvalue weighted by molar-refractivity contribution is 0.409. The number of benzene rings is 1. The molecule has 0 saturated heterocycles. The van der Waals surface area contributed by atoms with E-state index in [1.165, 1.54) is 6.39 Å².